The summed E-state index contributed by atoms with van der Waals surface area (Å²) in [6.45, 7) is 7.34. The Bertz CT molecular complexity index is 987. The van der Waals surface area contributed by atoms with E-state index in [-0.39, 0.29) is 29.8 Å². The summed E-state index contributed by atoms with van der Waals surface area (Å²) in [4.78, 5) is 23.3. The number of rotatable bonds is 10. The average Bonchev–Trinajstić information content (AvgIpc) is 2.71. The minimum absolute atomic E-state index is 0.0251. The van der Waals surface area contributed by atoms with Crippen LogP contribution in [0, 0.1) is 0 Å². The molecule has 2 aromatic carbocycles. The molecule has 2 rings (SSSR count). The van der Waals surface area contributed by atoms with Crippen LogP contribution in [-0.2, 0) is 19.6 Å². The predicted molar refractivity (Wildman–Crippen MR) is 120 cm³/mol. The lowest BCUT2D eigenvalue weighted by atomic mass is 10.0. The molecule has 168 valence electrons. The van der Waals surface area contributed by atoms with Gasteiger partial charge in [-0.15, -0.1) is 0 Å². The fraction of sp³-hybridized carbons (Fsp3) is 0.364. The molecular weight excluding hydrogens is 418 g/mol. The third kappa shape index (κ3) is 7.69. The van der Waals surface area contributed by atoms with Crippen LogP contribution in [0.2, 0.25) is 0 Å². The molecule has 31 heavy (non-hydrogen) atoms. The normalized spacial score (nSPS) is 12.3. The number of benzene rings is 2. The van der Waals surface area contributed by atoms with Crippen LogP contribution in [0.3, 0.4) is 0 Å². The molecule has 0 aliphatic carbocycles. The molecule has 0 heterocycles. The summed E-state index contributed by atoms with van der Waals surface area (Å²) in [6.07, 6.45) is -0.720. The average molecular weight is 448 g/mol. The first kappa shape index (κ1) is 24.4. The molecule has 0 aromatic heterocycles. The molecule has 0 bridgehead atoms. The maximum absolute atomic E-state index is 12.3. The van der Waals surface area contributed by atoms with Gasteiger partial charge in [-0.1, -0.05) is 26.0 Å². The van der Waals surface area contributed by atoms with Crippen molar-refractivity contribution >= 4 is 27.5 Å². The Morgan fingerprint density at radius 3 is 2.10 bits per heavy atom. The Labute approximate surface area is 183 Å². The van der Waals surface area contributed by atoms with Crippen LogP contribution in [0.1, 0.15) is 39.2 Å². The number of hydrogen-bond donors (Lipinski definition) is 3. The van der Waals surface area contributed by atoms with E-state index in [9.17, 15) is 18.0 Å². The highest BCUT2D eigenvalue weighted by Crippen LogP contribution is 2.19. The van der Waals surface area contributed by atoms with Crippen LogP contribution in [0.5, 0.6) is 5.75 Å². The quantitative estimate of drug-likeness (QED) is 0.485. The van der Waals surface area contributed by atoms with E-state index in [2.05, 4.69) is 29.2 Å². The lowest BCUT2D eigenvalue weighted by Crippen LogP contribution is -2.40. The highest BCUT2D eigenvalue weighted by atomic mass is 32.2. The second-order valence-electron chi connectivity index (χ2n) is 7.38. The third-order valence-electron chi connectivity index (χ3n) is 4.43. The van der Waals surface area contributed by atoms with E-state index >= 15 is 0 Å². The Morgan fingerprint density at radius 2 is 1.55 bits per heavy atom. The molecule has 1 unspecified atom stereocenters. The maximum atomic E-state index is 12.3. The van der Waals surface area contributed by atoms with Gasteiger partial charge in [0.25, 0.3) is 5.91 Å². The molecule has 0 aliphatic rings. The van der Waals surface area contributed by atoms with Gasteiger partial charge in [0.2, 0.25) is 15.9 Å². The molecule has 0 radical (unpaired) electrons. The standard InChI is InChI=1S/C22H29N3O5S/c1-15(2)18-5-9-20(10-6-18)30-16(3)22(27)23-13-14-24-31(28,29)21-11-7-19(8-12-21)25-17(4)26/h5-12,15-16,24H,13-14H2,1-4H3,(H,23,27)(H,25,26). The van der Waals surface area contributed by atoms with E-state index < -0.39 is 16.1 Å². The van der Waals surface area contributed by atoms with Gasteiger partial charge in [-0.2, -0.15) is 0 Å². The summed E-state index contributed by atoms with van der Waals surface area (Å²) < 4.78 is 32.7. The first-order valence-corrected chi connectivity index (χ1v) is 11.5. The van der Waals surface area contributed by atoms with Crippen LogP contribution in [0.25, 0.3) is 0 Å². The number of sulfonamides is 1. The molecule has 0 aliphatic heterocycles. The van der Waals surface area contributed by atoms with Crippen LogP contribution in [0.4, 0.5) is 5.69 Å². The van der Waals surface area contributed by atoms with Crippen molar-refractivity contribution in [3.63, 3.8) is 0 Å². The van der Waals surface area contributed by atoms with E-state index in [1.807, 2.05) is 24.3 Å². The van der Waals surface area contributed by atoms with Crippen molar-refractivity contribution in [3.05, 3.63) is 54.1 Å². The highest BCUT2D eigenvalue weighted by molar-refractivity contribution is 7.89. The van der Waals surface area contributed by atoms with Crippen LogP contribution in [-0.4, -0.2) is 39.4 Å². The molecule has 0 spiro atoms. The van der Waals surface area contributed by atoms with E-state index in [4.69, 9.17) is 4.74 Å². The van der Waals surface area contributed by atoms with Crippen molar-refractivity contribution in [1.82, 2.24) is 10.0 Å². The first-order valence-electron chi connectivity index (χ1n) is 10.00. The molecule has 9 heteroatoms. The molecule has 3 N–H and O–H groups in total. The van der Waals surface area contributed by atoms with E-state index in [1.165, 1.54) is 36.8 Å². The zero-order valence-electron chi connectivity index (χ0n) is 18.1. The minimum atomic E-state index is -3.73. The van der Waals surface area contributed by atoms with E-state index in [1.54, 1.807) is 6.92 Å². The monoisotopic (exact) mass is 447 g/mol. The number of carbonyl (C=O) groups is 2. The van der Waals surface area contributed by atoms with Gasteiger partial charge < -0.3 is 15.4 Å². The van der Waals surface area contributed by atoms with Crippen LogP contribution in [0.15, 0.2) is 53.4 Å². The van der Waals surface area contributed by atoms with Gasteiger partial charge in [0.1, 0.15) is 5.75 Å². The topological polar surface area (TPSA) is 114 Å². The van der Waals surface area contributed by atoms with Crippen LogP contribution >= 0.6 is 0 Å². The fourth-order valence-corrected chi connectivity index (χ4v) is 3.74. The smallest absolute Gasteiger partial charge is 0.260 e. The van der Waals surface area contributed by atoms with Crippen molar-refractivity contribution < 1.29 is 22.7 Å². The lowest BCUT2D eigenvalue weighted by Gasteiger charge is -2.15. The molecule has 2 aromatic rings. The molecule has 0 saturated heterocycles. The van der Waals surface area contributed by atoms with Crippen molar-refractivity contribution in [1.29, 1.82) is 0 Å². The Balaban J connectivity index is 1.78. The molecule has 1 atom stereocenters. The molecular formula is C22H29N3O5S. The van der Waals surface area contributed by atoms with Gasteiger partial charge in [-0.3, -0.25) is 9.59 Å². The van der Waals surface area contributed by atoms with Crippen molar-refractivity contribution in [2.24, 2.45) is 0 Å². The van der Waals surface area contributed by atoms with Gasteiger partial charge in [0.15, 0.2) is 6.10 Å². The van der Waals surface area contributed by atoms with Crippen LogP contribution < -0.4 is 20.1 Å². The second-order valence-corrected chi connectivity index (χ2v) is 9.15. The maximum Gasteiger partial charge on any atom is 0.260 e. The lowest BCUT2D eigenvalue weighted by molar-refractivity contribution is -0.127. The second kappa shape index (κ2) is 10.9. The Hall–Kier alpha value is -2.91. The predicted octanol–water partition coefficient (Wildman–Crippen LogP) is 2.63. The van der Waals surface area contributed by atoms with Gasteiger partial charge in [-0.25, -0.2) is 13.1 Å². The minimum Gasteiger partial charge on any atom is -0.481 e. The molecule has 8 nitrogen and oxygen atoms in total. The number of nitrogens with one attached hydrogen (secondary N) is 3. The SMILES string of the molecule is CC(=O)Nc1ccc(S(=O)(=O)NCCNC(=O)C(C)Oc2ccc(C(C)C)cc2)cc1. The number of anilines is 1. The molecule has 2 amide bonds. The summed E-state index contributed by atoms with van der Waals surface area (Å²) >= 11 is 0. The summed E-state index contributed by atoms with van der Waals surface area (Å²) in [5, 5.41) is 5.22. The van der Waals surface area contributed by atoms with Crippen molar-refractivity contribution in [3.8, 4) is 5.75 Å². The summed E-state index contributed by atoms with van der Waals surface area (Å²) in [7, 11) is -3.73. The van der Waals surface area contributed by atoms with Crippen molar-refractivity contribution in [2.45, 2.75) is 44.6 Å². The summed E-state index contributed by atoms with van der Waals surface area (Å²) in [6, 6.07) is 13.4. The largest absolute Gasteiger partial charge is 0.481 e. The third-order valence-corrected chi connectivity index (χ3v) is 5.91. The van der Waals surface area contributed by atoms with E-state index in [0.29, 0.717) is 17.4 Å². The van der Waals surface area contributed by atoms with E-state index in [0.717, 1.165) is 0 Å². The van der Waals surface area contributed by atoms with Gasteiger partial charge in [0, 0.05) is 25.7 Å². The molecule has 0 fully saturated rings. The Kier molecular flexibility index (Phi) is 8.58. The van der Waals surface area contributed by atoms with Crippen molar-refractivity contribution in [2.75, 3.05) is 18.4 Å². The van der Waals surface area contributed by atoms with Gasteiger partial charge >= 0.3 is 0 Å². The summed E-state index contributed by atoms with van der Waals surface area (Å²) in [5.41, 5.74) is 1.69. The summed E-state index contributed by atoms with van der Waals surface area (Å²) in [5.74, 6) is 0.422. The number of amides is 2. The first-order chi connectivity index (χ1) is 14.6. The highest BCUT2D eigenvalue weighted by Gasteiger charge is 2.16. The number of ether oxygens (including phenoxy) is 1. The fourth-order valence-electron chi connectivity index (χ4n) is 2.71. The van der Waals surface area contributed by atoms with Gasteiger partial charge in [-0.05, 0) is 54.8 Å². The number of carbonyl (C=O) groups excluding carboxylic acids is 2. The van der Waals surface area contributed by atoms with Gasteiger partial charge in [0.05, 0.1) is 4.90 Å². The molecule has 0 saturated carbocycles. The number of hydrogen-bond acceptors (Lipinski definition) is 5. The Morgan fingerprint density at radius 1 is 0.935 bits per heavy atom. The zero-order valence-corrected chi connectivity index (χ0v) is 19.0. The zero-order chi connectivity index (χ0) is 23.0.